The monoisotopic (exact) mass is 588 g/mol. The summed E-state index contributed by atoms with van der Waals surface area (Å²) in [5.74, 6) is 1.14. The topological polar surface area (TPSA) is 103 Å². The molecule has 1 atom stereocenters. The molecule has 1 aliphatic rings. The van der Waals surface area contributed by atoms with Gasteiger partial charge in [0.25, 0.3) is 0 Å². The first-order valence-corrected chi connectivity index (χ1v) is 18.2. The molecular formula is C31H37FN6O3Si. The molecule has 5 aromatic rings. The van der Waals surface area contributed by atoms with E-state index < -0.39 is 19.7 Å². The molecule has 11 heteroatoms. The van der Waals surface area contributed by atoms with E-state index in [1.54, 1.807) is 24.4 Å². The number of hydrogen-bond acceptors (Lipinski definition) is 8. The number of nitrogens with two attached hydrogens (primary N) is 1. The maximum absolute atomic E-state index is 14.0. The molecule has 1 saturated heterocycles. The highest BCUT2D eigenvalue weighted by atomic mass is 28.3. The van der Waals surface area contributed by atoms with E-state index in [-0.39, 0.29) is 18.1 Å². The largest absolute Gasteiger partial charge is 0.421 e. The van der Waals surface area contributed by atoms with Crippen LogP contribution in [0.2, 0.25) is 25.7 Å². The lowest BCUT2D eigenvalue weighted by molar-refractivity contribution is 0.0864. The average molecular weight is 589 g/mol. The molecule has 4 heterocycles. The Bertz CT molecular complexity index is 1790. The van der Waals surface area contributed by atoms with Crippen molar-refractivity contribution >= 4 is 46.7 Å². The van der Waals surface area contributed by atoms with Gasteiger partial charge in [-0.05, 0) is 41.8 Å². The summed E-state index contributed by atoms with van der Waals surface area (Å²) in [7, 11) is -1.27. The van der Waals surface area contributed by atoms with Gasteiger partial charge in [-0.25, -0.2) is 19.2 Å². The summed E-state index contributed by atoms with van der Waals surface area (Å²) in [5.41, 5.74) is 7.81. The summed E-state index contributed by atoms with van der Waals surface area (Å²) in [6, 6.07) is 14.8. The average Bonchev–Trinajstić information content (AvgIpc) is 3.36. The second-order valence-corrected chi connectivity index (χ2v) is 17.8. The molecule has 0 radical (unpaired) electrons. The smallest absolute Gasteiger partial charge is 0.364 e. The van der Waals surface area contributed by atoms with Gasteiger partial charge in [0, 0.05) is 64.4 Å². The fourth-order valence-corrected chi connectivity index (χ4v) is 6.37. The van der Waals surface area contributed by atoms with E-state index in [2.05, 4.69) is 34.4 Å². The minimum absolute atomic E-state index is 0.258. The molecule has 2 N–H and O–H groups in total. The second kappa shape index (κ2) is 11.6. The van der Waals surface area contributed by atoms with Crippen molar-refractivity contribution in [3.8, 4) is 0 Å². The third kappa shape index (κ3) is 5.82. The lowest BCUT2D eigenvalue weighted by Gasteiger charge is -2.36. The molecule has 0 aliphatic carbocycles. The Kier molecular flexibility index (Phi) is 7.84. The van der Waals surface area contributed by atoms with Crippen molar-refractivity contribution in [2.45, 2.75) is 38.5 Å². The Balaban J connectivity index is 1.23. The van der Waals surface area contributed by atoms with Crippen LogP contribution in [0.15, 0.2) is 63.9 Å². The Morgan fingerprint density at radius 2 is 1.86 bits per heavy atom. The molecule has 1 fully saturated rings. The standard InChI is InChI=1S/C31H37FN6O3Si/c1-42(2,3)17-16-40-20-38-28-23-6-4-5-7-26(23)41-31(39)27(28)35-30(38)25(33)19-36-12-14-37(15-13-36)29-24-18-22(32)9-8-21(24)10-11-34-29/h4-11,18,25H,12-17,19-20,33H2,1-3H3. The van der Waals surface area contributed by atoms with Crippen LogP contribution in [0, 0.1) is 5.82 Å². The Labute approximate surface area is 244 Å². The number of pyridine rings is 1. The highest BCUT2D eigenvalue weighted by Gasteiger charge is 2.26. The van der Waals surface area contributed by atoms with Crippen LogP contribution in [0.1, 0.15) is 11.9 Å². The maximum atomic E-state index is 14.0. The lowest BCUT2D eigenvalue weighted by Crippen LogP contribution is -2.48. The van der Waals surface area contributed by atoms with E-state index in [0.29, 0.717) is 30.1 Å². The number of piperazine rings is 1. The first-order valence-electron chi connectivity index (χ1n) is 14.4. The molecule has 0 spiro atoms. The van der Waals surface area contributed by atoms with Crippen molar-refractivity contribution in [3.63, 3.8) is 0 Å². The van der Waals surface area contributed by atoms with Crippen molar-refractivity contribution in [1.29, 1.82) is 0 Å². The number of para-hydroxylation sites is 1. The Morgan fingerprint density at radius 1 is 1.07 bits per heavy atom. The van der Waals surface area contributed by atoms with Gasteiger partial charge in [-0.2, -0.15) is 0 Å². The molecule has 2 aromatic carbocycles. The molecular weight excluding hydrogens is 551 g/mol. The highest BCUT2D eigenvalue weighted by Crippen LogP contribution is 2.28. The van der Waals surface area contributed by atoms with Gasteiger partial charge in [0.15, 0.2) is 5.52 Å². The summed E-state index contributed by atoms with van der Waals surface area (Å²) in [4.78, 5) is 26.8. The fraction of sp³-hybridized carbons (Fsp3) is 0.387. The normalized spacial score (nSPS) is 15.7. The van der Waals surface area contributed by atoms with Crippen LogP contribution >= 0.6 is 0 Å². The van der Waals surface area contributed by atoms with Crippen molar-refractivity contribution < 1.29 is 13.5 Å². The molecule has 42 heavy (non-hydrogen) atoms. The predicted octanol–water partition coefficient (Wildman–Crippen LogP) is 4.96. The van der Waals surface area contributed by atoms with Crippen LogP contribution in [0.5, 0.6) is 0 Å². The lowest BCUT2D eigenvalue weighted by atomic mass is 10.1. The summed E-state index contributed by atoms with van der Waals surface area (Å²) in [6.45, 7) is 11.4. The van der Waals surface area contributed by atoms with Gasteiger partial charge < -0.3 is 24.4 Å². The zero-order chi connectivity index (χ0) is 29.4. The number of hydrogen-bond donors (Lipinski definition) is 1. The molecule has 0 amide bonds. The summed E-state index contributed by atoms with van der Waals surface area (Å²) >= 11 is 0. The molecule has 3 aromatic heterocycles. The van der Waals surface area contributed by atoms with Crippen molar-refractivity contribution in [3.05, 3.63) is 76.8 Å². The number of rotatable bonds is 9. The molecule has 9 nitrogen and oxygen atoms in total. The van der Waals surface area contributed by atoms with Gasteiger partial charge in [0.05, 0.1) is 11.6 Å². The van der Waals surface area contributed by atoms with Gasteiger partial charge in [-0.3, -0.25) is 4.90 Å². The van der Waals surface area contributed by atoms with E-state index in [9.17, 15) is 9.18 Å². The highest BCUT2D eigenvalue weighted by molar-refractivity contribution is 6.76. The summed E-state index contributed by atoms with van der Waals surface area (Å²) in [6.07, 6.45) is 1.77. The molecule has 1 aliphatic heterocycles. The first kappa shape index (κ1) is 28.5. The van der Waals surface area contributed by atoms with Crippen LogP contribution < -0.4 is 16.3 Å². The number of halogens is 1. The Morgan fingerprint density at radius 3 is 2.64 bits per heavy atom. The minimum atomic E-state index is -1.27. The number of aromatic nitrogens is 3. The van der Waals surface area contributed by atoms with Crippen LogP contribution in [0.3, 0.4) is 0 Å². The first-order chi connectivity index (χ1) is 20.2. The van der Waals surface area contributed by atoms with E-state index in [1.807, 2.05) is 28.8 Å². The van der Waals surface area contributed by atoms with Crippen LogP contribution in [0.4, 0.5) is 10.2 Å². The fourth-order valence-electron chi connectivity index (χ4n) is 5.61. The maximum Gasteiger partial charge on any atom is 0.364 e. The van der Waals surface area contributed by atoms with Gasteiger partial charge >= 0.3 is 5.63 Å². The van der Waals surface area contributed by atoms with Crippen molar-refractivity contribution in [1.82, 2.24) is 19.4 Å². The summed E-state index contributed by atoms with van der Waals surface area (Å²) < 4.78 is 27.7. The number of benzene rings is 2. The van der Waals surface area contributed by atoms with Crippen molar-refractivity contribution in [2.24, 2.45) is 5.73 Å². The number of ether oxygens (including phenoxy) is 1. The van der Waals surface area contributed by atoms with Crippen molar-refractivity contribution in [2.75, 3.05) is 44.2 Å². The van der Waals surface area contributed by atoms with Crippen LogP contribution in [-0.2, 0) is 11.5 Å². The van der Waals surface area contributed by atoms with Gasteiger partial charge in [0.1, 0.15) is 29.8 Å². The number of anilines is 1. The van der Waals surface area contributed by atoms with Gasteiger partial charge in [0.2, 0.25) is 0 Å². The molecule has 6 rings (SSSR count). The molecule has 220 valence electrons. The predicted molar refractivity (Wildman–Crippen MR) is 167 cm³/mol. The Hall–Kier alpha value is -3.64. The number of fused-ring (bicyclic) bond motifs is 4. The molecule has 1 unspecified atom stereocenters. The van der Waals surface area contributed by atoms with E-state index in [0.717, 1.165) is 54.2 Å². The third-order valence-corrected chi connectivity index (χ3v) is 9.62. The van der Waals surface area contributed by atoms with Crippen LogP contribution in [0.25, 0.3) is 32.8 Å². The number of imidazole rings is 1. The third-order valence-electron chi connectivity index (χ3n) is 7.92. The quantitative estimate of drug-likeness (QED) is 0.146. The minimum Gasteiger partial charge on any atom is -0.421 e. The SMILES string of the molecule is C[Si](C)(C)CCOCn1c(C(N)CN2CCN(c3nccc4ccc(F)cc34)CC2)nc2c(=O)oc3ccccc3c21. The van der Waals surface area contributed by atoms with E-state index in [4.69, 9.17) is 19.9 Å². The van der Waals surface area contributed by atoms with Gasteiger partial charge in [-0.15, -0.1) is 0 Å². The second-order valence-electron chi connectivity index (χ2n) is 12.2. The summed E-state index contributed by atoms with van der Waals surface area (Å²) in [5, 5.41) is 2.59. The zero-order valence-corrected chi connectivity index (χ0v) is 25.3. The molecule has 0 saturated carbocycles. The van der Waals surface area contributed by atoms with Crippen LogP contribution in [-0.4, -0.2) is 66.8 Å². The van der Waals surface area contributed by atoms with E-state index in [1.165, 1.54) is 6.07 Å². The van der Waals surface area contributed by atoms with Gasteiger partial charge in [-0.1, -0.05) is 37.8 Å². The number of nitrogens with zero attached hydrogens (tertiary/aromatic N) is 5. The van der Waals surface area contributed by atoms with E-state index >= 15 is 0 Å². The molecule has 0 bridgehead atoms. The zero-order valence-electron chi connectivity index (χ0n) is 24.3.